The van der Waals surface area contributed by atoms with Crippen LogP contribution in [-0.4, -0.2) is 30.7 Å². The smallest absolute Gasteiger partial charge is 0.201 e. The zero-order valence-corrected chi connectivity index (χ0v) is 18.2. The van der Waals surface area contributed by atoms with Gasteiger partial charge >= 0.3 is 0 Å². The molecule has 0 unspecified atom stereocenters. The van der Waals surface area contributed by atoms with Crippen LogP contribution in [0.4, 0.5) is 8.78 Å². The van der Waals surface area contributed by atoms with E-state index in [0.29, 0.717) is 22.9 Å². The maximum Gasteiger partial charge on any atom is 0.201 e. The van der Waals surface area contributed by atoms with Crippen molar-refractivity contribution in [2.75, 3.05) is 6.54 Å². The molecular weight excluding hydrogens is 448 g/mol. The van der Waals surface area contributed by atoms with Crippen LogP contribution in [-0.2, 0) is 17.3 Å². The van der Waals surface area contributed by atoms with Crippen molar-refractivity contribution in [2.24, 2.45) is 0 Å². The SMILES string of the molecule is O=C(c1ccc2ncc(-c3cccnc3)cc2c1)c1cc(CCCN[SH](=O)=O)cc(F)c1F. The molecule has 0 radical (unpaired) electrons. The van der Waals surface area contributed by atoms with Crippen molar-refractivity contribution >= 4 is 27.6 Å². The van der Waals surface area contributed by atoms with Gasteiger partial charge in [-0.2, -0.15) is 0 Å². The molecule has 2 aromatic heterocycles. The predicted molar refractivity (Wildman–Crippen MR) is 121 cm³/mol. The van der Waals surface area contributed by atoms with E-state index in [2.05, 4.69) is 14.7 Å². The number of nitrogens with one attached hydrogen (secondary N) is 1. The van der Waals surface area contributed by atoms with E-state index in [4.69, 9.17) is 0 Å². The highest BCUT2D eigenvalue weighted by Gasteiger charge is 2.19. The number of aryl methyl sites for hydroxylation is 1. The van der Waals surface area contributed by atoms with Gasteiger partial charge in [0, 0.05) is 47.2 Å². The molecule has 0 bridgehead atoms. The number of fused-ring (bicyclic) bond motifs is 1. The number of thiol groups is 1. The van der Waals surface area contributed by atoms with Crippen LogP contribution in [0.5, 0.6) is 0 Å². The minimum absolute atomic E-state index is 0.165. The molecule has 168 valence electrons. The topological polar surface area (TPSA) is 89.0 Å². The van der Waals surface area contributed by atoms with Gasteiger partial charge in [0.05, 0.1) is 11.1 Å². The lowest BCUT2D eigenvalue weighted by atomic mass is 9.97. The number of carbonyl (C=O) groups excluding carboxylic acids is 1. The van der Waals surface area contributed by atoms with E-state index in [9.17, 15) is 22.0 Å². The average Bonchev–Trinajstić information content (AvgIpc) is 2.83. The summed E-state index contributed by atoms with van der Waals surface area (Å²) in [7, 11) is -2.72. The summed E-state index contributed by atoms with van der Waals surface area (Å²) < 4.78 is 52.1. The van der Waals surface area contributed by atoms with Crippen LogP contribution in [0.1, 0.15) is 27.9 Å². The summed E-state index contributed by atoms with van der Waals surface area (Å²) in [6, 6.07) is 12.7. The van der Waals surface area contributed by atoms with E-state index >= 15 is 0 Å². The molecule has 6 nitrogen and oxygen atoms in total. The number of hydrogen-bond donors (Lipinski definition) is 2. The van der Waals surface area contributed by atoms with Gasteiger partial charge in [-0.3, -0.25) is 14.8 Å². The molecule has 2 aromatic carbocycles. The van der Waals surface area contributed by atoms with Gasteiger partial charge in [-0.05, 0) is 60.9 Å². The largest absolute Gasteiger partial charge is 0.288 e. The molecule has 9 heteroatoms. The molecule has 0 spiro atoms. The summed E-state index contributed by atoms with van der Waals surface area (Å²) in [5, 5.41) is 0.678. The summed E-state index contributed by atoms with van der Waals surface area (Å²) in [5.74, 6) is -2.99. The maximum atomic E-state index is 14.5. The predicted octanol–water partition coefficient (Wildman–Crippen LogP) is 3.85. The zero-order chi connectivity index (χ0) is 23.4. The van der Waals surface area contributed by atoms with Gasteiger partial charge < -0.3 is 0 Å². The lowest BCUT2D eigenvalue weighted by molar-refractivity contribution is 0.103. The van der Waals surface area contributed by atoms with E-state index in [1.807, 2.05) is 12.1 Å². The van der Waals surface area contributed by atoms with Crippen LogP contribution in [0, 0.1) is 11.6 Å². The molecule has 0 amide bonds. The van der Waals surface area contributed by atoms with Gasteiger partial charge in [0.1, 0.15) is 0 Å². The van der Waals surface area contributed by atoms with Crippen LogP contribution < -0.4 is 4.72 Å². The van der Waals surface area contributed by atoms with Crippen LogP contribution >= 0.6 is 0 Å². The summed E-state index contributed by atoms with van der Waals surface area (Å²) in [6.07, 6.45) is 5.73. The lowest BCUT2D eigenvalue weighted by Gasteiger charge is -2.09. The van der Waals surface area contributed by atoms with Crippen molar-refractivity contribution in [3.05, 3.63) is 95.4 Å². The Morgan fingerprint density at radius 3 is 2.61 bits per heavy atom. The van der Waals surface area contributed by atoms with Gasteiger partial charge in [0.2, 0.25) is 10.9 Å². The van der Waals surface area contributed by atoms with E-state index in [1.165, 1.54) is 12.1 Å². The van der Waals surface area contributed by atoms with E-state index in [-0.39, 0.29) is 24.1 Å². The normalized spacial score (nSPS) is 11.2. The Balaban J connectivity index is 1.64. The molecule has 4 aromatic rings. The van der Waals surface area contributed by atoms with Gasteiger partial charge in [-0.1, -0.05) is 6.07 Å². The first-order chi connectivity index (χ1) is 15.9. The van der Waals surface area contributed by atoms with Crippen molar-refractivity contribution in [2.45, 2.75) is 12.8 Å². The van der Waals surface area contributed by atoms with E-state index in [0.717, 1.165) is 17.2 Å². The maximum absolute atomic E-state index is 14.5. The second-order valence-corrected chi connectivity index (χ2v) is 8.24. The van der Waals surface area contributed by atoms with Crippen molar-refractivity contribution in [1.29, 1.82) is 0 Å². The molecule has 0 fully saturated rings. The third-order valence-electron chi connectivity index (χ3n) is 5.15. The fourth-order valence-corrected chi connectivity index (χ4v) is 3.88. The van der Waals surface area contributed by atoms with Gasteiger partial charge in [-0.15, -0.1) is 0 Å². The van der Waals surface area contributed by atoms with Crippen LogP contribution in [0.3, 0.4) is 0 Å². The average molecular weight is 467 g/mol. The Morgan fingerprint density at radius 1 is 1.00 bits per heavy atom. The number of hydrogen-bond acceptors (Lipinski definition) is 5. The third-order valence-corrected chi connectivity index (χ3v) is 5.64. The van der Waals surface area contributed by atoms with E-state index in [1.54, 1.807) is 36.8 Å². The molecule has 33 heavy (non-hydrogen) atoms. The Labute approximate surface area is 190 Å². The third kappa shape index (κ3) is 5.27. The first-order valence-electron chi connectivity index (χ1n) is 10.1. The quantitative estimate of drug-likeness (QED) is 0.233. The Morgan fingerprint density at radius 2 is 1.85 bits per heavy atom. The zero-order valence-electron chi connectivity index (χ0n) is 17.3. The molecule has 0 aliphatic carbocycles. The lowest BCUT2D eigenvalue weighted by Crippen LogP contribution is -2.13. The van der Waals surface area contributed by atoms with Crippen molar-refractivity contribution in [3.8, 4) is 11.1 Å². The Hall–Kier alpha value is -3.56. The molecular formula is C24H19F2N3O3S. The molecule has 4 rings (SSSR count). The summed E-state index contributed by atoms with van der Waals surface area (Å²) in [6.45, 7) is 0.165. The summed E-state index contributed by atoms with van der Waals surface area (Å²) in [5.41, 5.74) is 2.57. The number of ketones is 1. The highest BCUT2D eigenvalue weighted by molar-refractivity contribution is 7.70. The molecule has 2 heterocycles. The number of rotatable bonds is 8. The van der Waals surface area contributed by atoms with Gasteiger partial charge in [-0.25, -0.2) is 21.9 Å². The first kappa shape index (κ1) is 22.6. The molecule has 1 N–H and O–H groups in total. The summed E-state index contributed by atoms with van der Waals surface area (Å²) in [4.78, 5) is 21.6. The fraction of sp³-hybridized carbons (Fsp3) is 0.125. The van der Waals surface area contributed by atoms with Gasteiger partial charge in [0.25, 0.3) is 0 Å². The molecule has 0 atom stereocenters. The molecule has 0 aliphatic rings. The second-order valence-electron chi connectivity index (χ2n) is 7.41. The monoisotopic (exact) mass is 467 g/mol. The second kappa shape index (κ2) is 9.93. The van der Waals surface area contributed by atoms with Crippen molar-refractivity contribution < 1.29 is 22.0 Å². The number of aromatic nitrogens is 2. The van der Waals surface area contributed by atoms with Gasteiger partial charge in [0.15, 0.2) is 17.4 Å². The Kier molecular flexibility index (Phi) is 6.81. The standard InChI is InChI=1S/C24H19F2N3O3S/c25-21-10-15(3-1-8-29-33(31)32)9-20(23(21)26)24(30)16-5-6-22-18(11-16)12-19(14-28-22)17-4-2-7-27-13-17/h2,4-7,9-14,33H,1,3,8H2,(H,29,31,32). The van der Waals surface area contributed by atoms with Crippen LogP contribution in [0.25, 0.3) is 22.0 Å². The van der Waals surface area contributed by atoms with Crippen molar-refractivity contribution in [3.63, 3.8) is 0 Å². The summed E-state index contributed by atoms with van der Waals surface area (Å²) >= 11 is 0. The molecule has 0 saturated heterocycles. The first-order valence-corrected chi connectivity index (χ1v) is 11.3. The number of nitrogens with zero attached hydrogens (tertiary/aromatic N) is 2. The Bertz CT molecular complexity index is 1400. The molecule has 0 saturated carbocycles. The number of carbonyl (C=O) groups is 1. The number of benzene rings is 2. The minimum atomic E-state index is -2.72. The van der Waals surface area contributed by atoms with Crippen LogP contribution in [0.15, 0.2) is 67.1 Å². The highest BCUT2D eigenvalue weighted by Crippen LogP contribution is 2.25. The highest BCUT2D eigenvalue weighted by atomic mass is 32.2. The number of pyridine rings is 2. The fourth-order valence-electron chi connectivity index (χ4n) is 3.54. The minimum Gasteiger partial charge on any atom is -0.288 e. The van der Waals surface area contributed by atoms with E-state index < -0.39 is 28.3 Å². The number of halogens is 2. The van der Waals surface area contributed by atoms with Crippen LogP contribution in [0.2, 0.25) is 0 Å². The molecule has 0 aliphatic heterocycles. The van der Waals surface area contributed by atoms with Crippen molar-refractivity contribution in [1.82, 2.24) is 14.7 Å².